The van der Waals surface area contributed by atoms with Crippen LogP contribution in [0.5, 0.6) is 5.75 Å². The van der Waals surface area contributed by atoms with Gasteiger partial charge in [-0.3, -0.25) is 0 Å². The minimum Gasteiger partial charge on any atom is -0.493 e. The number of halogens is 1. The van der Waals surface area contributed by atoms with Crippen LogP contribution in [0.3, 0.4) is 0 Å². The highest BCUT2D eigenvalue weighted by Crippen LogP contribution is 2.16. The first-order valence-electron chi connectivity index (χ1n) is 6.24. The van der Waals surface area contributed by atoms with Crippen molar-refractivity contribution in [1.82, 2.24) is 0 Å². The van der Waals surface area contributed by atoms with E-state index >= 15 is 0 Å². The van der Waals surface area contributed by atoms with Crippen LogP contribution in [0.4, 0.5) is 4.39 Å². The largest absolute Gasteiger partial charge is 0.493 e. The van der Waals surface area contributed by atoms with Gasteiger partial charge in [0.25, 0.3) is 0 Å². The van der Waals surface area contributed by atoms with E-state index < -0.39 is 0 Å². The lowest BCUT2D eigenvalue weighted by Gasteiger charge is -2.08. The van der Waals surface area contributed by atoms with Gasteiger partial charge in [0.05, 0.1) is 13.2 Å². The molecule has 0 fully saturated rings. The zero-order valence-corrected chi connectivity index (χ0v) is 11.0. The maximum absolute atomic E-state index is 13.3. The van der Waals surface area contributed by atoms with Crippen LogP contribution in [0, 0.1) is 23.6 Å². The Hall–Kier alpha value is -1.53. The number of benzene rings is 1. The van der Waals surface area contributed by atoms with Crippen molar-refractivity contribution in [3.8, 4) is 17.6 Å². The molecule has 0 amide bonds. The van der Waals surface area contributed by atoms with E-state index in [-0.39, 0.29) is 12.4 Å². The van der Waals surface area contributed by atoms with Crippen molar-refractivity contribution in [3.05, 3.63) is 29.6 Å². The second-order valence-electron chi connectivity index (χ2n) is 4.57. The first kappa shape index (κ1) is 14.5. The SMILES string of the molecule is CC(C)CCCOc1cc(F)cc(C#CCN)c1. The summed E-state index contributed by atoms with van der Waals surface area (Å²) in [5, 5.41) is 0. The fourth-order valence-electron chi connectivity index (χ4n) is 1.55. The molecule has 2 N–H and O–H groups in total. The van der Waals surface area contributed by atoms with Gasteiger partial charge in [-0.05, 0) is 30.9 Å². The van der Waals surface area contributed by atoms with Gasteiger partial charge in [-0.25, -0.2) is 4.39 Å². The summed E-state index contributed by atoms with van der Waals surface area (Å²) in [5.41, 5.74) is 5.88. The molecule has 98 valence electrons. The molecule has 0 heterocycles. The van der Waals surface area contributed by atoms with Crippen molar-refractivity contribution >= 4 is 0 Å². The van der Waals surface area contributed by atoms with Crippen molar-refractivity contribution in [2.75, 3.05) is 13.2 Å². The van der Waals surface area contributed by atoms with Crippen LogP contribution in [0.1, 0.15) is 32.3 Å². The molecule has 0 atom stereocenters. The van der Waals surface area contributed by atoms with E-state index in [9.17, 15) is 4.39 Å². The Kier molecular flexibility index (Phi) is 6.24. The third-order valence-corrected chi connectivity index (χ3v) is 2.40. The topological polar surface area (TPSA) is 35.2 Å². The molecule has 3 heteroatoms. The monoisotopic (exact) mass is 249 g/mol. The molecular formula is C15H20FNO. The quantitative estimate of drug-likeness (QED) is 0.643. The summed E-state index contributed by atoms with van der Waals surface area (Å²) in [5.74, 6) is 6.35. The molecule has 0 unspecified atom stereocenters. The van der Waals surface area contributed by atoms with Gasteiger partial charge in [0.2, 0.25) is 0 Å². The second kappa shape index (κ2) is 7.73. The van der Waals surface area contributed by atoms with Gasteiger partial charge < -0.3 is 10.5 Å². The first-order valence-corrected chi connectivity index (χ1v) is 6.24. The van der Waals surface area contributed by atoms with Gasteiger partial charge in [-0.1, -0.05) is 25.7 Å². The van der Waals surface area contributed by atoms with Crippen LogP contribution in [-0.4, -0.2) is 13.2 Å². The summed E-state index contributed by atoms with van der Waals surface area (Å²) in [6, 6.07) is 4.49. The molecule has 0 bridgehead atoms. The summed E-state index contributed by atoms with van der Waals surface area (Å²) in [6.07, 6.45) is 2.08. The fraction of sp³-hybridized carbons (Fsp3) is 0.467. The highest BCUT2D eigenvalue weighted by atomic mass is 19.1. The van der Waals surface area contributed by atoms with Gasteiger partial charge >= 0.3 is 0 Å². The molecule has 0 aliphatic rings. The fourth-order valence-corrected chi connectivity index (χ4v) is 1.55. The van der Waals surface area contributed by atoms with Crippen LogP contribution < -0.4 is 10.5 Å². The lowest BCUT2D eigenvalue weighted by atomic mass is 10.1. The predicted molar refractivity (Wildman–Crippen MR) is 71.9 cm³/mol. The van der Waals surface area contributed by atoms with Crippen molar-refractivity contribution in [3.63, 3.8) is 0 Å². The highest BCUT2D eigenvalue weighted by Gasteiger charge is 2.01. The third kappa shape index (κ3) is 5.70. The minimum atomic E-state index is -0.335. The number of hydrogen-bond donors (Lipinski definition) is 1. The molecule has 0 aromatic heterocycles. The van der Waals surface area contributed by atoms with Crippen LogP contribution in [0.25, 0.3) is 0 Å². The molecule has 2 nitrogen and oxygen atoms in total. The maximum atomic E-state index is 13.3. The van der Waals surface area contributed by atoms with E-state index in [0.717, 1.165) is 12.8 Å². The van der Waals surface area contributed by atoms with E-state index in [0.29, 0.717) is 23.8 Å². The first-order chi connectivity index (χ1) is 8.61. The molecule has 0 saturated carbocycles. The molecule has 0 aliphatic heterocycles. The van der Waals surface area contributed by atoms with E-state index in [1.165, 1.54) is 12.1 Å². The van der Waals surface area contributed by atoms with Crippen molar-refractivity contribution < 1.29 is 9.13 Å². The third-order valence-electron chi connectivity index (χ3n) is 2.40. The average Bonchev–Trinajstić information content (AvgIpc) is 2.31. The van der Waals surface area contributed by atoms with Gasteiger partial charge in [-0.2, -0.15) is 0 Å². The smallest absolute Gasteiger partial charge is 0.128 e. The Morgan fingerprint density at radius 2 is 2.11 bits per heavy atom. The Morgan fingerprint density at radius 3 is 2.78 bits per heavy atom. The van der Waals surface area contributed by atoms with Gasteiger partial charge in [0.1, 0.15) is 11.6 Å². The van der Waals surface area contributed by atoms with Gasteiger partial charge in [0, 0.05) is 11.6 Å². The van der Waals surface area contributed by atoms with E-state index in [1.54, 1.807) is 6.07 Å². The minimum absolute atomic E-state index is 0.265. The zero-order valence-electron chi connectivity index (χ0n) is 11.0. The molecule has 0 saturated heterocycles. The number of rotatable bonds is 5. The Bertz CT molecular complexity index is 432. The van der Waals surface area contributed by atoms with Crippen molar-refractivity contribution in [2.24, 2.45) is 11.7 Å². The second-order valence-corrected chi connectivity index (χ2v) is 4.57. The van der Waals surface area contributed by atoms with Crippen molar-refractivity contribution in [1.29, 1.82) is 0 Å². The lowest BCUT2D eigenvalue weighted by molar-refractivity contribution is 0.296. The Morgan fingerprint density at radius 1 is 1.33 bits per heavy atom. The number of hydrogen-bond acceptors (Lipinski definition) is 2. The molecule has 1 rings (SSSR count). The van der Waals surface area contributed by atoms with Crippen LogP contribution in [0.15, 0.2) is 18.2 Å². The van der Waals surface area contributed by atoms with Gasteiger partial charge in [0.15, 0.2) is 0 Å². The number of nitrogens with two attached hydrogens (primary N) is 1. The predicted octanol–water partition coefficient (Wildman–Crippen LogP) is 2.95. The standard InChI is InChI=1S/C15H20FNO/c1-12(2)5-4-8-18-15-10-13(6-3-7-17)9-14(16)11-15/h9-12H,4-5,7-8,17H2,1-2H3. The van der Waals surface area contributed by atoms with Crippen LogP contribution >= 0.6 is 0 Å². The normalized spacial score (nSPS) is 10.1. The summed E-state index contributed by atoms with van der Waals surface area (Å²) in [6.45, 7) is 5.21. The van der Waals surface area contributed by atoms with E-state index in [4.69, 9.17) is 10.5 Å². The number of ether oxygens (including phenoxy) is 1. The summed E-state index contributed by atoms with van der Waals surface area (Å²) in [4.78, 5) is 0. The van der Waals surface area contributed by atoms with Crippen molar-refractivity contribution in [2.45, 2.75) is 26.7 Å². The van der Waals surface area contributed by atoms with E-state index in [2.05, 4.69) is 25.7 Å². The molecule has 1 aromatic carbocycles. The molecule has 0 aliphatic carbocycles. The summed E-state index contributed by atoms with van der Waals surface area (Å²) < 4.78 is 18.8. The van der Waals surface area contributed by atoms with Crippen LogP contribution in [0.2, 0.25) is 0 Å². The Balaban J connectivity index is 2.57. The maximum Gasteiger partial charge on any atom is 0.128 e. The molecule has 0 radical (unpaired) electrons. The molecule has 0 spiro atoms. The average molecular weight is 249 g/mol. The zero-order chi connectivity index (χ0) is 13.4. The Labute approximate surface area is 108 Å². The van der Waals surface area contributed by atoms with Gasteiger partial charge in [-0.15, -0.1) is 0 Å². The molecule has 1 aromatic rings. The summed E-state index contributed by atoms with van der Waals surface area (Å²) >= 11 is 0. The summed E-state index contributed by atoms with van der Waals surface area (Å²) in [7, 11) is 0. The van der Waals surface area contributed by atoms with E-state index in [1.807, 2.05) is 0 Å². The highest BCUT2D eigenvalue weighted by molar-refractivity contribution is 5.40. The van der Waals surface area contributed by atoms with Crippen LogP contribution in [-0.2, 0) is 0 Å². The lowest BCUT2D eigenvalue weighted by Crippen LogP contribution is -2.00. The molecule has 18 heavy (non-hydrogen) atoms. The molecular weight excluding hydrogens is 229 g/mol.